The van der Waals surface area contributed by atoms with Crippen molar-refractivity contribution >= 4 is 0 Å². The molecule has 2 atom stereocenters. The van der Waals surface area contributed by atoms with Crippen LogP contribution in [0.5, 0.6) is 0 Å². The average molecular weight is 373 g/mol. The predicted molar refractivity (Wildman–Crippen MR) is 111 cm³/mol. The molecule has 0 unspecified atom stereocenters. The molecule has 6 heteroatoms. The number of rotatable bonds is 10. The zero-order chi connectivity index (χ0) is 20.0. The third kappa shape index (κ3) is 5.36. The van der Waals surface area contributed by atoms with Gasteiger partial charge in [0, 0.05) is 6.04 Å². The van der Waals surface area contributed by atoms with E-state index in [1.807, 2.05) is 4.68 Å². The Morgan fingerprint density at radius 2 is 1.70 bits per heavy atom. The lowest BCUT2D eigenvalue weighted by atomic mass is 10.0. The van der Waals surface area contributed by atoms with Gasteiger partial charge in [0.1, 0.15) is 0 Å². The number of nitrogens with one attached hydrogen (secondary N) is 1. The highest BCUT2D eigenvalue weighted by Crippen LogP contribution is 2.25. The summed E-state index contributed by atoms with van der Waals surface area (Å²) in [6.07, 6.45) is 1.11. The molecule has 0 aliphatic heterocycles. The Hall–Kier alpha value is -1.79. The molecule has 1 aromatic carbocycles. The number of tetrazole rings is 1. The van der Waals surface area contributed by atoms with Crippen LogP contribution in [0.4, 0.5) is 0 Å². The van der Waals surface area contributed by atoms with E-state index >= 15 is 0 Å². The van der Waals surface area contributed by atoms with Gasteiger partial charge in [-0.1, -0.05) is 45.9 Å². The molecular weight excluding hydrogens is 336 g/mol. The van der Waals surface area contributed by atoms with Crippen LogP contribution in [-0.2, 0) is 0 Å². The molecule has 150 valence electrons. The van der Waals surface area contributed by atoms with Gasteiger partial charge in [-0.15, -0.1) is 5.10 Å². The molecule has 0 saturated heterocycles. The molecule has 0 amide bonds. The van der Waals surface area contributed by atoms with Gasteiger partial charge >= 0.3 is 0 Å². The molecule has 0 aliphatic rings. The smallest absolute Gasteiger partial charge is 0.173 e. The minimum Gasteiger partial charge on any atom is -0.304 e. The van der Waals surface area contributed by atoms with Gasteiger partial charge < -0.3 is 10.2 Å². The predicted octanol–water partition coefficient (Wildman–Crippen LogP) is 3.69. The Morgan fingerprint density at radius 1 is 1.07 bits per heavy atom. The van der Waals surface area contributed by atoms with Crippen LogP contribution in [0.15, 0.2) is 18.2 Å². The van der Waals surface area contributed by atoms with Gasteiger partial charge in [0.05, 0.1) is 11.7 Å². The van der Waals surface area contributed by atoms with E-state index in [0.717, 1.165) is 37.6 Å². The molecule has 1 N–H and O–H groups in total. The van der Waals surface area contributed by atoms with E-state index in [9.17, 15) is 0 Å². The highest BCUT2D eigenvalue weighted by atomic mass is 15.5. The van der Waals surface area contributed by atoms with E-state index in [1.54, 1.807) is 0 Å². The fraction of sp³-hybridized carbons (Fsp3) is 0.667. The lowest BCUT2D eigenvalue weighted by Gasteiger charge is -2.27. The molecular formula is C21H36N6. The van der Waals surface area contributed by atoms with Crippen molar-refractivity contribution in [1.82, 2.24) is 30.4 Å². The summed E-state index contributed by atoms with van der Waals surface area (Å²) in [6.45, 7) is 18.7. The lowest BCUT2D eigenvalue weighted by molar-refractivity contribution is 0.268. The third-order valence-electron chi connectivity index (χ3n) is 5.33. The first-order valence-electron chi connectivity index (χ1n) is 10.2. The monoisotopic (exact) mass is 372 g/mol. The lowest BCUT2D eigenvalue weighted by Crippen LogP contribution is -2.38. The largest absolute Gasteiger partial charge is 0.304 e. The standard InChI is InChI=1S/C21H36N6/c1-8-26(9-2)14-13-18(7)22-19(15(3)4)21-23-24-25-27(21)20-16(5)11-10-12-17(20)6/h10-12,15,18-19,22H,8-9,13-14H2,1-7H3/t18-,19-/m0/s1. The van der Waals surface area contributed by atoms with Crippen LogP contribution in [0.25, 0.3) is 5.69 Å². The SMILES string of the molecule is CCN(CC)CC[C@H](C)N[C@H](c1nnnn1-c1c(C)cccc1C)C(C)C. The van der Waals surface area contributed by atoms with Crippen LogP contribution < -0.4 is 5.32 Å². The molecule has 2 rings (SSSR count). The fourth-order valence-electron chi connectivity index (χ4n) is 3.56. The van der Waals surface area contributed by atoms with Crippen LogP contribution in [0, 0.1) is 19.8 Å². The highest BCUT2D eigenvalue weighted by molar-refractivity contribution is 5.46. The van der Waals surface area contributed by atoms with Crippen molar-refractivity contribution < 1.29 is 0 Å². The van der Waals surface area contributed by atoms with Crippen molar-refractivity contribution in [3.8, 4) is 5.69 Å². The van der Waals surface area contributed by atoms with Gasteiger partial charge in [0.2, 0.25) is 0 Å². The molecule has 1 aromatic heterocycles. The Kier molecular flexibility index (Phi) is 7.92. The van der Waals surface area contributed by atoms with Gasteiger partial charge in [-0.05, 0) is 74.3 Å². The van der Waals surface area contributed by atoms with Crippen LogP contribution >= 0.6 is 0 Å². The second-order valence-electron chi connectivity index (χ2n) is 7.79. The summed E-state index contributed by atoms with van der Waals surface area (Å²) in [7, 11) is 0. The molecule has 0 saturated carbocycles. The Morgan fingerprint density at radius 3 is 2.26 bits per heavy atom. The topological polar surface area (TPSA) is 58.9 Å². The molecule has 0 aliphatic carbocycles. The fourth-order valence-corrected chi connectivity index (χ4v) is 3.56. The molecule has 1 heterocycles. The number of benzene rings is 1. The first-order valence-corrected chi connectivity index (χ1v) is 10.2. The number of nitrogens with zero attached hydrogens (tertiary/aromatic N) is 5. The maximum atomic E-state index is 4.41. The highest BCUT2D eigenvalue weighted by Gasteiger charge is 2.25. The van der Waals surface area contributed by atoms with Crippen molar-refractivity contribution in [2.24, 2.45) is 5.92 Å². The molecule has 27 heavy (non-hydrogen) atoms. The number of hydrogen-bond donors (Lipinski definition) is 1. The van der Waals surface area contributed by atoms with Gasteiger partial charge in [-0.3, -0.25) is 0 Å². The Bertz CT molecular complexity index is 684. The van der Waals surface area contributed by atoms with E-state index in [-0.39, 0.29) is 6.04 Å². The summed E-state index contributed by atoms with van der Waals surface area (Å²) in [5.41, 5.74) is 3.45. The van der Waals surface area contributed by atoms with E-state index in [1.165, 1.54) is 11.1 Å². The van der Waals surface area contributed by atoms with Gasteiger partial charge in [0.25, 0.3) is 0 Å². The summed E-state index contributed by atoms with van der Waals surface area (Å²) in [5, 5.41) is 16.5. The number of hydrogen-bond acceptors (Lipinski definition) is 5. The molecule has 2 aromatic rings. The molecule has 0 bridgehead atoms. The van der Waals surface area contributed by atoms with Gasteiger partial charge in [0.15, 0.2) is 5.82 Å². The molecule has 0 radical (unpaired) electrons. The minimum atomic E-state index is 0.103. The van der Waals surface area contributed by atoms with Crippen LogP contribution in [0.1, 0.15) is 64.0 Å². The summed E-state index contributed by atoms with van der Waals surface area (Å²) in [4.78, 5) is 2.46. The van der Waals surface area contributed by atoms with Crippen molar-refractivity contribution in [2.75, 3.05) is 19.6 Å². The maximum absolute atomic E-state index is 4.41. The van der Waals surface area contributed by atoms with Crippen molar-refractivity contribution in [3.63, 3.8) is 0 Å². The van der Waals surface area contributed by atoms with E-state index in [2.05, 4.69) is 92.4 Å². The first-order chi connectivity index (χ1) is 12.9. The van der Waals surface area contributed by atoms with Crippen molar-refractivity contribution in [1.29, 1.82) is 0 Å². The van der Waals surface area contributed by atoms with Crippen LogP contribution in [0.3, 0.4) is 0 Å². The second-order valence-corrected chi connectivity index (χ2v) is 7.79. The molecule has 0 spiro atoms. The van der Waals surface area contributed by atoms with Crippen molar-refractivity contribution in [2.45, 2.75) is 67.0 Å². The Labute approximate surface area is 164 Å². The summed E-state index contributed by atoms with van der Waals surface area (Å²) in [6, 6.07) is 6.79. The second kappa shape index (κ2) is 9.95. The summed E-state index contributed by atoms with van der Waals surface area (Å²) >= 11 is 0. The van der Waals surface area contributed by atoms with Gasteiger partial charge in [-0.25, -0.2) is 0 Å². The Balaban J connectivity index is 2.22. The van der Waals surface area contributed by atoms with E-state index < -0.39 is 0 Å². The quantitative estimate of drug-likeness (QED) is 0.689. The maximum Gasteiger partial charge on any atom is 0.173 e. The number of aryl methyl sites for hydroxylation is 2. The normalized spacial score (nSPS) is 14.1. The van der Waals surface area contributed by atoms with Crippen LogP contribution in [0.2, 0.25) is 0 Å². The van der Waals surface area contributed by atoms with E-state index in [4.69, 9.17) is 0 Å². The molecule has 6 nitrogen and oxygen atoms in total. The average Bonchev–Trinajstić information content (AvgIpc) is 3.09. The first kappa shape index (κ1) is 21.5. The third-order valence-corrected chi connectivity index (χ3v) is 5.33. The van der Waals surface area contributed by atoms with Crippen molar-refractivity contribution in [3.05, 3.63) is 35.2 Å². The zero-order valence-electron chi connectivity index (χ0n) is 18.0. The number of para-hydroxylation sites is 1. The summed E-state index contributed by atoms with van der Waals surface area (Å²) < 4.78 is 1.92. The van der Waals surface area contributed by atoms with Crippen LogP contribution in [-0.4, -0.2) is 50.8 Å². The number of aromatic nitrogens is 4. The zero-order valence-corrected chi connectivity index (χ0v) is 18.0. The van der Waals surface area contributed by atoms with Gasteiger partial charge in [-0.2, -0.15) is 4.68 Å². The minimum absolute atomic E-state index is 0.103. The summed E-state index contributed by atoms with van der Waals surface area (Å²) in [5.74, 6) is 1.27. The molecule has 0 fully saturated rings. The van der Waals surface area contributed by atoms with E-state index in [0.29, 0.717) is 12.0 Å².